The third-order valence-electron chi connectivity index (χ3n) is 4.79. The number of methoxy groups -OCH3 is 2. The number of nitrogens with zero attached hydrogens (tertiary/aromatic N) is 2. The minimum Gasteiger partial charge on any atom is -0.493 e. The Morgan fingerprint density at radius 2 is 1.77 bits per heavy atom. The Kier molecular flexibility index (Phi) is 7.41. The van der Waals surface area contributed by atoms with Gasteiger partial charge < -0.3 is 19.5 Å². The fourth-order valence-electron chi connectivity index (χ4n) is 3.13. The molecule has 0 radical (unpaired) electrons. The average Bonchev–Trinajstić information content (AvgIpc) is 3.25. The molecule has 3 rings (SSSR count). The lowest BCUT2D eigenvalue weighted by Gasteiger charge is -2.10. The number of carbonyl (C=O) groups is 1. The Hall–Kier alpha value is -3.19. The van der Waals surface area contributed by atoms with Gasteiger partial charge in [-0.1, -0.05) is 17.7 Å². The number of hydrogen-bond donors (Lipinski definition) is 1. The predicted octanol–water partition coefficient (Wildman–Crippen LogP) is 4.18. The maximum Gasteiger partial charge on any atom is 0.271 e. The maximum atomic E-state index is 12.4. The number of hydrogen-bond acceptors (Lipinski definition) is 5. The van der Waals surface area contributed by atoms with Crippen LogP contribution >= 0.6 is 11.6 Å². The molecule has 1 aromatic heterocycles. The highest BCUT2D eigenvalue weighted by atomic mass is 35.5. The fraction of sp³-hybridized carbons (Fsp3) is 0.304. The molecule has 1 amide bonds. The van der Waals surface area contributed by atoms with Gasteiger partial charge in [0, 0.05) is 17.8 Å². The second kappa shape index (κ2) is 10.2. The van der Waals surface area contributed by atoms with Gasteiger partial charge in [-0.2, -0.15) is 5.10 Å². The topological polar surface area (TPSA) is 74.6 Å². The molecule has 0 aliphatic carbocycles. The fourth-order valence-corrected chi connectivity index (χ4v) is 3.24. The van der Waals surface area contributed by atoms with Crippen LogP contribution in [0.15, 0.2) is 42.6 Å². The zero-order chi connectivity index (χ0) is 22.4. The van der Waals surface area contributed by atoms with Crippen molar-refractivity contribution in [2.24, 2.45) is 0 Å². The molecule has 0 aliphatic rings. The van der Waals surface area contributed by atoms with Gasteiger partial charge >= 0.3 is 0 Å². The predicted molar refractivity (Wildman–Crippen MR) is 119 cm³/mol. The summed E-state index contributed by atoms with van der Waals surface area (Å²) in [6, 6.07) is 11.1. The maximum absolute atomic E-state index is 12.4. The first kappa shape index (κ1) is 22.5. The van der Waals surface area contributed by atoms with Gasteiger partial charge in [0.15, 0.2) is 18.2 Å². The Morgan fingerprint density at radius 1 is 1.06 bits per heavy atom. The van der Waals surface area contributed by atoms with Gasteiger partial charge in [-0.3, -0.25) is 4.79 Å². The summed E-state index contributed by atoms with van der Waals surface area (Å²) in [5.41, 5.74) is 3.27. The molecule has 0 aliphatic heterocycles. The van der Waals surface area contributed by atoms with E-state index in [-0.39, 0.29) is 12.6 Å². The third-order valence-corrected chi connectivity index (χ3v) is 5.39. The monoisotopic (exact) mass is 443 g/mol. The van der Waals surface area contributed by atoms with E-state index in [9.17, 15) is 4.79 Å². The van der Waals surface area contributed by atoms with Gasteiger partial charge in [-0.25, -0.2) is 4.68 Å². The standard InChI is InChI=1S/C23H26ClN3O4/c1-15-11-18(12-16(2)22(15)24)31-14-27-10-8-19(26-27)23(28)25-9-7-17-5-6-20(29-3)21(13-17)30-4/h5-6,8,10-13H,7,9,14H2,1-4H3,(H,25,28). The van der Waals surface area contributed by atoms with Gasteiger partial charge in [0.05, 0.1) is 14.2 Å². The molecule has 0 unspecified atom stereocenters. The van der Waals surface area contributed by atoms with Gasteiger partial charge in [-0.15, -0.1) is 0 Å². The van der Waals surface area contributed by atoms with Crippen LogP contribution in [-0.2, 0) is 13.2 Å². The van der Waals surface area contributed by atoms with E-state index in [2.05, 4.69) is 10.4 Å². The van der Waals surface area contributed by atoms with Crippen molar-refractivity contribution in [3.63, 3.8) is 0 Å². The normalized spacial score (nSPS) is 10.6. The van der Waals surface area contributed by atoms with Crippen LogP contribution in [0, 0.1) is 13.8 Å². The number of rotatable bonds is 9. The Balaban J connectivity index is 1.51. The molecule has 0 saturated heterocycles. The van der Waals surface area contributed by atoms with Crippen molar-refractivity contribution >= 4 is 17.5 Å². The molecule has 8 heteroatoms. The number of benzene rings is 2. The number of carbonyl (C=O) groups excluding carboxylic acids is 1. The lowest BCUT2D eigenvalue weighted by atomic mass is 10.1. The first-order valence-electron chi connectivity index (χ1n) is 9.83. The van der Waals surface area contributed by atoms with Crippen molar-refractivity contribution in [1.29, 1.82) is 0 Å². The molecule has 3 aromatic rings. The number of ether oxygens (including phenoxy) is 3. The van der Waals surface area contributed by atoms with Crippen molar-refractivity contribution in [1.82, 2.24) is 15.1 Å². The Bertz CT molecular complexity index is 1040. The number of halogens is 1. The molecule has 164 valence electrons. The van der Waals surface area contributed by atoms with Crippen LogP contribution in [0.1, 0.15) is 27.2 Å². The summed E-state index contributed by atoms with van der Waals surface area (Å²) in [4.78, 5) is 12.4. The summed E-state index contributed by atoms with van der Waals surface area (Å²) in [5, 5.41) is 7.89. The van der Waals surface area contributed by atoms with E-state index in [0.717, 1.165) is 21.7 Å². The molecule has 0 bridgehead atoms. The van der Waals surface area contributed by atoms with Crippen LogP contribution in [-0.4, -0.2) is 36.5 Å². The van der Waals surface area contributed by atoms with E-state index in [0.29, 0.717) is 35.9 Å². The lowest BCUT2D eigenvalue weighted by molar-refractivity contribution is 0.0947. The van der Waals surface area contributed by atoms with Crippen molar-refractivity contribution in [2.45, 2.75) is 27.0 Å². The highest BCUT2D eigenvalue weighted by Crippen LogP contribution is 2.28. The van der Waals surface area contributed by atoms with E-state index in [1.165, 1.54) is 0 Å². The van der Waals surface area contributed by atoms with E-state index in [1.54, 1.807) is 31.2 Å². The van der Waals surface area contributed by atoms with E-state index in [1.807, 2.05) is 44.2 Å². The third kappa shape index (κ3) is 5.70. The number of aryl methyl sites for hydroxylation is 2. The number of amides is 1. The molecule has 31 heavy (non-hydrogen) atoms. The highest BCUT2D eigenvalue weighted by molar-refractivity contribution is 6.32. The summed E-state index contributed by atoms with van der Waals surface area (Å²) in [5.74, 6) is 1.80. The van der Waals surface area contributed by atoms with Crippen molar-refractivity contribution < 1.29 is 19.0 Å². The largest absolute Gasteiger partial charge is 0.493 e. The summed E-state index contributed by atoms with van der Waals surface area (Å²) >= 11 is 6.19. The summed E-state index contributed by atoms with van der Waals surface area (Å²) in [6.45, 7) is 4.53. The first-order valence-corrected chi connectivity index (χ1v) is 10.2. The SMILES string of the molecule is COc1ccc(CCNC(=O)c2ccn(COc3cc(C)c(Cl)c(C)c3)n2)cc1OC. The molecule has 0 atom stereocenters. The van der Waals surface area contributed by atoms with E-state index >= 15 is 0 Å². The molecule has 1 N–H and O–H groups in total. The minimum atomic E-state index is -0.239. The second-order valence-corrected chi connectivity index (χ2v) is 7.46. The summed E-state index contributed by atoms with van der Waals surface area (Å²) < 4.78 is 17.9. The molecule has 7 nitrogen and oxygen atoms in total. The van der Waals surface area contributed by atoms with Crippen LogP contribution in [0.25, 0.3) is 0 Å². The van der Waals surface area contributed by atoms with Gasteiger partial charge in [0.1, 0.15) is 11.4 Å². The zero-order valence-corrected chi connectivity index (χ0v) is 18.8. The molecular formula is C23H26ClN3O4. The molecular weight excluding hydrogens is 418 g/mol. The molecule has 0 fully saturated rings. The zero-order valence-electron chi connectivity index (χ0n) is 18.1. The van der Waals surface area contributed by atoms with Gasteiger partial charge in [0.25, 0.3) is 5.91 Å². The smallest absolute Gasteiger partial charge is 0.271 e. The summed E-state index contributed by atoms with van der Waals surface area (Å²) in [6.07, 6.45) is 2.37. The van der Waals surface area contributed by atoms with Crippen molar-refractivity contribution in [2.75, 3.05) is 20.8 Å². The van der Waals surface area contributed by atoms with Crippen molar-refractivity contribution in [3.05, 3.63) is 70.0 Å². The highest BCUT2D eigenvalue weighted by Gasteiger charge is 2.11. The first-order chi connectivity index (χ1) is 14.9. The van der Waals surface area contributed by atoms with Crippen LogP contribution in [0.2, 0.25) is 5.02 Å². The van der Waals surface area contributed by atoms with Crippen LogP contribution in [0.5, 0.6) is 17.2 Å². The average molecular weight is 444 g/mol. The minimum absolute atomic E-state index is 0.194. The number of aromatic nitrogens is 2. The van der Waals surface area contributed by atoms with E-state index < -0.39 is 0 Å². The van der Waals surface area contributed by atoms with Gasteiger partial charge in [0.2, 0.25) is 0 Å². The van der Waals surface area contributed by atoms with Gasteiger partial charge in [-0.05, 0) is 67.3 Å². The Morgan fingerprint density at radius 3 is 2.45 bits per heavy atom. The Labute approximate surface area is 186 Å². The number of nitrogens with one attached hydrogen (secondary N) is 1. The van der Waals surface area contributed by atoms with Crippen LogP contribution in [0.4, 0.5) is 0 Å². The van der Waals surface area contributed by atoms with E-state index in [4.69, 9.17) is 25.8 Å². The van der Waals surface area contributed by atoms with Crippen molar-refractivity contribution in [3.8, 4) is 17.2 Å². The second-order valence-electron chi connectivity index (χ2n) is 7.08. The lowest BCUT2D eigenvalue weighted by Crippen LogP contribution is -2.26. The molecule has 2 aromatic carbocycles. The van der Waals surface area contributed by atoms with Crippen LogP contribution < -0.4 is 19.5 Å². The molecule has 0 saturated carbocycles. The van der Waals surface area contributed by atoms with Crippen LogP contribution in [0.3, 0.4) is 0 Å². The summed E-state index contributed by atoms with van der Waals surface area (Å²) in [7, 11) is 3.19. The molecule has 0 spiro atoms. The molecule has 1 heterocycles. The quantitative estimate of drug-likeness (QED) is 0.537.